The summed E-state index contributed by atoms with van der Waals surface area (Å²) in [5, 5.41) is 5.55. The summed E-state index contributed by atoms with van der Waals surface area (Å²) in [5.41, 5.74) is 0. The number of fused-ring (bicyclic) bond motifs is 5. The van der Waals surface area contributed by atoms with Crippen LogP contribution in [0.1, 0.15) is 37.4 Å². The quantitative estimate of drug-likeness (QED) is 0.307. The summed E-state index contributed by atoms with van der Waals surface area (Å²) >= 11 is 3.80. The molecule has 2 aromatic carbocycles. The second-order valence-electron chi connectivity index (χ2n) is 4.78. The Balaban J connectivity index is 0.000000410. The summed E-state index contributed by atoms with van der Waals surface area (Å²) in [7, 11) is 0. The maximum absolute atomic E-state index is 2.28. The molecule has 0 bridgehead atoms. The Hall–Kier alpha value is -1.38. The van der Waals surface area contributed by atoms with Crippen LogP contribution in [0.15, 0.2) is 36.4 Å². The molecule has 0 saturated carbocycles. The molecule has 2 aromatic heterocycles. The SMILES string of the molecule is CC.CC.Cc1cc2ccc3c(ccc4cc(C)sc43)c2s1. The highest BCUT2D eigenvalue weighted by Crippen LogP contribution is 2.38. The molecule has 0 radical (unpaired) electrons. The third-order valence-corrected chi connectivity index (χ3v) is 5.61. The van der Waals surface area contributed by atoms with E-state index in [1.165, 1.54) is 40.7 Å². The van der Waals surface area contributed by atoms with E-state index in [1.807, 2.05) is 50.4 Å². The first kappa shape index (κ1) is 17.0. The summed E-state index contributed by atoms with van der Waals surface area (Å²) in [6.07, 6.45) is 0. The first-order valence-electron chi connectivity index (χ1n) is 8.04. The Morgan fingerprint density at radius 3 is 1.32 bits per heavy atom. The molecule has 22 heavy (non-hydrogen) atoms. The zero-order valence-corrected chi connectivity index (χ0v) is 15.9. The second-order valence-corrected chi connectivity index (χ2v) is 7.29. The van der Waals surface area contributed by atoms with Crippen LogP contribution in [0.5, 0.6) is 0 Å². The van der Waals surface area contributed by atoms with Gasteiger partial charge < -0.3 is 0 Å². The normalized spacial score (nSPS) is 10.3. The van der Waals surface area contributed by atoms with Crippen molar-refractivity contribution in [3.8, 4) is 0 Å². The van der Waals surface area contributed by atoms with Crippen LogP contribution in [0.25, 0.3) is 30.9 Å². The molecule has 0 aliphatic carbocycles. The largest absolute Gasteiger partial charge is 0.140 e. The zero-order valence-electron chi connectivity index (χ0n) is 14.3. The molecule has 0 atom stereocenters. The summed E-state index contributed by atoms with van der Waals surface area (Å²) in [6.45, 7) is 12.4. The van der Waals surface area contributed by atoms with Gasteiger partial charge in [0.2, 0.25) is 0 Å². The standard InChI is InChI=1S/C16H12S2.2C2H6/c1-9-7-11-3-5-14-13(15(11)17-9)6-4-12-8-10(2)18-16(12)14;2*1-2/h3-8H,1-2H3;2*1-2H3. The number of benzene rings is 2. The molecule has 0 spiro atoms. The summed E-state index contributed by atoms with van der Waals surface area (Å²) < 4.78 is 2.86. The maximum Gasteiger partial charge on any atom is 0.0424 e. The van der Waals surface area contributed by atoms with E-state index in [4.69, 9.17) is 0 Å². The van der Waals surface area contributed by atoms with Crippen LogP contribution >= 0.6 is 22.7 Å². The van der Waals surface area contributed by atoms with Gasteiger partial charge in [-0.25, -0.2) is 0 Å². The fourth-order valence-electron chi connectivity index (χ4n) is 2.66. The predicted molar refractivity (Wildman–Crippen MR) is 107 cm³/mol. The molecular formula is C20H24S2. The lowest BCUT2D eigenvalue weighted by atomic mass is 10.1. The highest BCUT2D eigenvalue weighted by Gasteiger charge is 2.08. The number of aryl methyl sites for hydroxylation is 2. The minimum absolute atomic E-state index is 1.37. The first-order valence-corrected chi connectivity index (χ1v) is 9.68. The molecule has 2 heterocycles. The Bertz CT molecular complexity index is 818. The van der Waals surface area contributed by atoms with Gasteiger partial charge in [0.15, 0.2) is 0 Å². The Kier molecular flexibility index (Phi) is 5.60. The molecule has 0 aliphatic rings. The highest BCUT2D eigenvalue weighted by atomic mass is 32.1. The molecule has 116 valence electrons. The average Bonchev–Trinajstić information content (AvgIpc) is 3.11. The lowest BCUT2D eigenvalue weighted by molar-refractivity contribution is 1.50. The average molecular weight is 329 g/mol. The Labute approximate surface area is 141 Å². The smallest absolute Gasteiger partial charge is 0.0424 e. The van der Waals surface area contributed by atoms with Crippen LogP contribution < -0.4 is 0 Å². The number of rotatable bonds is 0. The van der Waals surface area contributed by atoms with Gasteiger partial charge in [-0.2, -0.15) is 0 Å². The van der Waals surface area contributed by atoms with Crippen molar-refractivity contribution in [2.45, 2.75) is 41.5 Å². The van der Waals surface area contributed by atoms with Crippen LogP contribution in [-0.4, -0.2) is 0 Å². The summed E-state index contributed by atoms with van der Waals surface area (Å²) in [4.78, 5) is 2.78. The lowest BCUT2D eigenvalue weighted by Crippen LogP contribution is -1.72. The van der Waals surface area contributed by atoms with Crippen LogP contribution in [0.4, 0.5) is 0 Å². The Morgan fingerprint density at radius 1 is 0.591 bits per heavy atom. The fourth-order valence-corrected chi connectivity index (χ4v) is 4.74. The van der Waals surface area contributed by atoms with Gasteiger partial charge in [-0.15, -0.1) is 22.7 Å². The summed E-state index contributed by atoms with van der Waals surface area (Å²) in [5.74, 6) is 0. The molecule has 0 N–H and O–H groups in total. The molecule has 4 rings (SSSR count). The topological polar surface area (TPSA) is 0 Å². The maximum atomic E-state index is 2.28. The van der Waals surface area contributed by atoms with E-state index in [-0.39, 0.29) is 0 Å². The van der Waals surface area contributed by atoms with Crippen molar-refractivity contribution in [1.82, 2.24) is 0 Å². The van der Waals surface area contributed by atoms with Gasteiger partial charge in [0.1, 0.15) is 0 Å². The number of thiophene rings is 2. The summed E-state index contributed by atoms with van der Waals surface area (Å²) in [6, 6.07) is 13.6. The molecule has 0 fully saturated rings. The molecule has 2 heteroatoms. The van der Waals surface area contributed by atoms with Crippen LogP contribution in [0.2, 0.25) is 0 Å². The molecule has 4 aromatic rings. The molecule has 0 unspecified atom stereocenters. The van der Waals surface area contributed by atoms with E-state index in [0.717, 1.165) is 0 Å². The molecule has 0 saturated heterocycles. The van der Waals surface area contributed by atoms with E-state index >= 15 is 0 Å². The van der Waals surface area contributed by atoms with Crippen LogP contribution in [-0.2, 0) is 0 Å². The van der Waals surface area contributed by atoms with Crippen molar-refractivity contribution in [3.05, 3.63) is 46.2 Å². The minimum atomic E-state index is 1.37. The lowest BCUT2D eigenvalue weighted by Gasteiger charge is -2.00. The third kappa shape index (κ3) is 2.90. The van der Waals surface area contributed by atoms with E-state index < -0.39 is 0 Å². The van der Waals surface area contributed by atoms with Crippen molar-refractivity contribution in [2.75, 3.05) is 0 Å². The molecular weight excluding hydrogens is 304 g/mol. The van der Waals surface area contributed by atoms with Gasteiger partial charge >= 0.3 is 0 Å². The fraction of sp³-hybridized carbons (Fsp3) is 0.300. The van der Waals surface area contributed by atoms with Gasteiger partial charge in [-0.1, -0.05) is 52.0 Å². The van der Waals surface area contributed by atoms with Gasteiger partial charge in [0.05, 0.1) is 0 Å². The van der Waals surface area contributed by atoms with Gasteiger partial charge in [-0.3, -0.25) is 0 Å². The van der Waals surface area contributed by atoms with E-state index in [0.29, 0.717) is 0 Å². The van der Waals surface area contributed by atoms with Crippen molar-refractivity contribution in [2.24, 2.45) is 0 Å². The number of hydrogen-bond acceptors (Lipinski definition) is 2. The third-order valence-electron chi connectivity index (χ3n) is 3.41. The van der Waals surface area contributed by atoms with Gasteiger partial charge in [-0.05, 0) is 36.8 Å². The molecule has 0 amide bonds. The van der Waals surface area contributed by atoms with E-state index in [1.54, 1.807) is 0 Å². The van der Waals surface area contributed by atoms with Crippen LogP contribution in [0, 0.1) is 13.8 Å². The molecule has 0 nitrogen and oxygen atoms in total. The van der Waals surface area contributed by atoms with Crippen molar-refractivity contribution >= 4 is 53.6 Å². The Morgan fingerprint density at radius 2 is 0.955 bits per heavy atom. The highest BCUT2D eigenvalue weighted by molar-refractivity contribution is 7.21. The van der Waals surface area contributed by atoms with Crippen molar-refractivity contribution < 1.29 is 0 Å². The monoisotopic (exact) mass is 328 g/mol. The first-order chi connectivity index (χ1) is 10.7. The van der Waals surface area contributed by atoms with Crippen LogP contribution in [0.3, 0.4) is 0 Å². The van der Waals surface area contributed by atoms with Crippen molar-refractivity contribution in [1.29, 1.82) is 0 Å². The van der Waals surface area contributed by atoms with E-state index in [2.05, 4.69) is 50.2 Å². The molecule has 0 aliphatic heterocycles. The zero-order chi connectivity index (χ0) is 16.3. The van der Waals surface area contributed by atoms with Gasteiger partial charge in [0.25, 0.3) is 0 Å². The second kappa shape index (κ2) is 7.26. The van der Waals surface area contributed by atoms with E-state index in [9.17, 15) is 0 Å². The van der Waals surface area contributed by atoms with Gasteiger partial charge in [0, 0.05) is 29.9 Å². The number of hydrogen-bond donors (Lipinski definition) is 0. The predicted octanol–water partition coefficient (Wildman–Crippen LogP) is 7.94. The van der Waals surface area contributed by atoms with Crippen molar-refractivity contribution in [3.63, 3.8) is 0 Å². The minimum Gasteiger partial charge on any atom is -0.140 e.